The lowest BCUT2D eigenvalue weighted by molar-refractivity contribution is 0.0954. The highest BCUT2D eigenvalue weighted by Gasteiger charge is 2.15. The number of aromatic hydroxyl groups is 1. The molecule has 3 rings (SSSR count). The molecule has 0 spiro atoms. The average molecular weight is 363 g/mol. The molecule has 7 heteroatoms. The molecule has 0 bridgehead atoms. The number of carbonyl (C=O) groups is 1. The predicted molar refractivity (Wildman–Crippen MR) is 83.4 cm³/mol. The summed E-state index contributed by atoms with van der Waals surface area (Å²) in [7, 11) is 0. The molecular formula is C15H11BrN2O4. The Morgan fingerprint density at radius 2 is 2.05 bits per heavy atom. The maximum absolute atomic E-state index is 12.0. The van der Waals surface area contributed by atoms with E-state index in [1.165, 1.54) is 12.3 Å². The van der Waals surface area contributed by atoms with Crippen LogP contribution in [0.4, 0.5) is 0 Å². The summed E-state index contributed by atoms with van der Waals surface area (Å²) in [6, 6.07) is 9.81. The van der Waals surface area contributed by atoms with E-state index in [0.29, 0.717) is 21.5 Å². The molecule has 112 valence electrons. The molecule has 1 aliphatic heterocycles. The van der Waals surface area contributed by atoms with Gasteiger partial charge in [0, 0.05) is 5.56 Å². The van der Waals surface area contributed by atoms with Crippen LogP contribution in [0.15, 0.2) is 46.0 Å². The summed E-state index contributed by atoms with van der Waals surface area (Å²) in [6.07, 6.45) is 1.48. The number of amides is 1. The van der Waals surface area contributed by atoms with E-state index in [0.717, 1.165) is 5.56 Å². The van der Waals surface area contributed by atoms with Crippen LogP contribution < -0.4 is 14.9 Å². The van der Waals surface area contributed by atoms with E-state index in [1.54, 1.807) is 30.3 Å². The molecule has 1 heterocycles. The second-order valence-electron chi connectivity index (χ2n) is 4.48. The Kier molecular flexibility index (Phi) is 3.97. The molecule has 1 amide bonds. The smallest absolute Gasteiger partial charge is 0.271 e. The molecule has 0 atom stereocenters. The third kappa shape index (κ3) is 3.04. The van der Waals surface area contributed by atoms with Crippen molar-refractivity contribution in [2.45, 2.75) is 0 Å². The number of hydrogen-bond donors (Lipinski definition) is 2. The number of hydrogen-bond acceptors (Lipinski definition) is 5. The highest BCUT2D eigenvalue weighted by Crippen LogP contribution is 2.32. The van der Waals surface area contributed by atoms with Gasteiger partial charge in [-0.2, -0.15) is 5.10 Å². The first-order chi connectivity index (χ1) is 10.6. The number of nitrogens with one attached hydrogen (secondary N) is 1. The summed E-state index contributed by atoms with van der Waals surface area (Å²) >= 11 is 3.21. The second kappa shape index (κ2) is 6.07. The van der Waals surface area contributed by atoms with Crippen LogP contribution in [0.25, 0.3) is 0 Å². The SMILES string of the molecule is O=C(N/N=C/c1ccc(O)c(Br)c1)c1ccc2c(c1)OCO2. The van der Waals surface area contributed by atoms with E-state index in [2.05, 4.69) is 26.5 Å². The zero-order valence-electron chi connectivity index (χ0n) is 11.2. The number of ether oxygens (including phenoxy) is 2. The van der Waals surface area contributed by atoms with E-state index >= 15 is 0 Å². The molecule has 0 unspecified atom stereocenters. The number of rotatable bonds is 3. The molecule has 0 saturated heterocycles. The number of fused-ring (bicyclic) bond motifs is 1. The summed E-state index contributed by atoms with van der Waals surface area (Å²) in [5, 5.41) is 13.3. The van der Waals surface area contributed by atoms with Gasteiger partial charge in [0.05, 0.1) is 10.7 Å². The lowest BCUT2D eigenvalue weighted by Crippen LogP contribution is -2.17. The average Bonchev–Trinajstić information content (AvgIpc) is 2.98. The van der Waals surface area contributed by atoms with Crippen molar-refractivity contribution >= 4 is 28.1 Å². The lowest BCUT2D eigenvalue weighted by Gasteiger charge is -2.02. The molecule has 6 nitrogen and oxygen atoms in total. The van der Waals surface area contributed by atoms with Gasteiger partial charge < -0.3 is 14.6 Å². The minimum atomic E-state index is -0.354. The van der Waals surface area contributed by atoms with Crippen molar-refractivity contribution in [3.05, 3.63) is 52.0 Å². The fourth-order valence-electron chi connectivity index (χ4n) is 1.87. The van der Waals surface area contributed by atoms with Crippen molar-refractivity contribution in [1.29, 1.82) is 0 Å². The van der Waals surface area contributed by atoms with Crippen LogP contribution >= 0.6 is 15.9 Å². The van der Waals surface area contributed by atoms with Crippen molar-refractivity contribution in [2.75, 3.05) is 6.79 Å². The highest BCUT2D eigenvalue weighted by atomic mass is 79.9. The molecule has 0 saturated carbocycles. The van der Waals surface area contributed by atoms with Crippen molar-refractivity contribution in [3.8, 4) is 17.2 Å². The fraction of sp³-hybridized carbons (Fsp3) is 0.0667. The maximum Gasteiger partial charge on any atom is 0.271 e. The molecular weight excluding hydrogens is 352 g/mol. The first kappa shape index (κ1) is 14.4. The van der Waals surface area contributed by atoms with E-state index in [9.17, 15) is 9.90 Å². The standard InChI is InChI=1S/C15H11BrN2O4/c16-11-5-9(1-3-12(11)19)7-17-18-15(20)10-2-4-13-14(6-10)22-8-21-13/h1-7,19H,8H2,(H,18,20)/b17-7+. The molecule has 0 fully saturated rings. The molecule has 1 aliphatic rings. The zero-order chi connectivity index (χ0) is 15.5. The van der Waals surface area contributed by atoms with Crippen LogP contribution in [0.3, 0.4) is 0 Å². The summed E-state index contributed by atoms with van der Waals surface area (Å²) in [5.74, 6) is 0.946. The van der Waals surface area contributed by atoms with Gasteiger partial charge in [-0.25, -0.2) is 5.43 Å². The van der Waals surface area contributed by atoms with E-state index in [-0.39, 0.29) is 18.4 Å². The Balaban J connectivity index is 1.66. The molecule has 0 aliphatic carbocycles. The van der Waals surface area contributed by atoms with Crippen LogP contribution in [0, 0.1) is 0 Å². The Labute approximate surface area is 134 Å². The van der Waals surface area contributed by atoms with Crippen molar-refractivity contribution < 1.29 is 19.4 Å². The van der Waals surface area contributed by atoms with Crippen LogP contribution in [0.1, 0.15) is 15.9 Å². The van der Waals surface area contributed by atoms with Crippen LogP contribution in [-0.4, -0.2) is 24.0 Å². The van der Waals surface area contributed by atoms with Gasteiger partial charge in [-0.05, 0) is 57.9 Å². The number of phenols is 1. The quantitative estimate of drug-likeness (QED) is 0.649. The third-order valence-corrected chi connectivity index (χ3v) is 3.62. The molecule has 0 radical (unpaired) electrons. The summed E-state index contributed by atoms with van der Waals surface area (Å²) in [6.45, 7) is 0.161. The van der Waals surface area contributed by atoms with Gasteiger partial charge >= 0.3 is 0 Å². The van der Waals surface area contributed by atoms with Crippen LogP contribution in [0.2, 0.25) is 0 Å². The number of hydrazone groups is 1. The fourth-order valence-corrected chi connectivity index (χ4v) is 2.27. The molecule has 2 aromatic carbocycles. The number of phenolic OH excluding ortho intramolecular Hbond substituents is 1. The Morgan fingerprint density at radius 1 is 1.23 bits per heavy atom. The largest absolute Gasteiger partial charge is 0.507 e. The first-order valence-corrected chi connectivity index (χ1v) is 7.14. The predicted octanol–water partition coefficient (Wildman–Crippen LogP) is 2.65. The molecule has 2 N–H and O–H groups in total. The zero-order valence-corrected chi connectivity index (χ0v) is 12.8. The number of halogens is 1. The third-order valence-electron chi connectivity index (χ3n) is 2.99. The Bertz CT molecular complexity index is 761. The highest BCUT2D eigenvalue weighted by molar-refractivity contribution is 9.10. The number of nitrogens with zero attached hydrogens (tertiary/aromatic N) is 1. The minimum Gasteiger partial charge on any atom is -0.507 e. The number of carbonyl (C=O) groups excluding carboxylic acids is 1. The number of benzene rings is 2. The minimum absolute atomic E-state index is 0.140. The topological polar surface area (TPSA) is 80.2 Å². The normalized spacial score (nSPS) is 12.6. The van der Waals surface area contributed by atoms with Crippen molar-refractivity contribution in [1.82, 2.24) is 5.43 Å². The van der Waals surface area contributed by atoms with Gasteiger partial charge in [0.25, 0.3) is 5.91 Å². The van der Waals surface area contributed by atoms with Crippen molar-refractivity contribution in [3.63, 3.8) is 0 Å². The summed E-state index contributed by atoms with van der Waals surface area (Å²) in [5.41, 5.74) is 3.59. The van der Waals surface area contributed by atoms with Crippen LogP contribution in [0.5, 0.6) is 17.2 Å². The molecule has 22 heavy (non-hydrogen) atoms. The lowest BCUT2D eigenvalue weighted by atomic mass is 10.2. The molecule has 2 aromatic rings. The summed E-state index contributed by atoms with van der Waals surface area (Å²) in [4.78, 5) is 12.0. The Hall–Kier alpha value is -2.54. The van der Waals surface area contributed by atoms with E-state index in [1.807, 2.05) is 0 Å². The van der Waals surface area contributed by atoms with Crippen molar-refractivity contribution in [2.24, 2.45) is 5.10 Å². The van der Waals surface area contributed by atoms with Gasteiger partial charge in [-0.3, -0.25) is 4.79 Å². The van der Waals surface area contributed by atoms with E-state index < -0.39 is 0 Å². The second-order valence-corrected chi connectivity index (χ2v) is 5.33. The first-order valence-electron chi connectivity index (χ1n) is 6.35. The maximum atomic E-state index is 12.0. The van der Waals surface area contributed by atoms with Gasteiger partial charge in [-0.1, -0.05) is 0 Å². The van der Waals surface area contributed by atoms with Crippen LogP contribution in [-0.2, 0) is 0 Å². The van der Waals surface area contributed by atoms with Gasteiger partial charge in [0.1, 0.15) is 5.75 Å². The van der Waals surface area contributed by atoms with Gasteiger partial charge in [-0.15, -0.1) is 0 Å². The van der Waals surface area contributed by atoms with E-state index in [4.69, 9.17) is 9.47 Å². The Morgan fingerprint density at radius 3 is 2.86 bits per heavy atom. The molecule has 0 aromatic heterocycles. The monoisotopic (exact) mass is 362 g/mol. The summed E-state index contributed by atoms with van der Waals surface area (Å²) < 4.78 is 11.0. The van der Waals surface area contributed by atoms with Gasteiger partial charge in [0.15, 0.2) is 11.5 Å². The van der Waals surface area contributed by atoms with Gasteiger partial charge in [0.2, 0.25) is 6.79 Å².